The van der Waals surface area contributed by atoms with Crippen molar-refractivity contribution in [2.24, 2.45) is 0 Å². The van der Waals surface area contributed by atoms with Gasteiger partial charge in [-0.25, -0.2) is 0 Å². The van der Waals surface area contributed by atoms with Gasteiger partial charge in [-0.1, -0.05) is 12.1 Å². The van der Waals surface area contributed by atoms with Crippen molar-refractivity contribution in [2.45, 2.75) is 26.0 Å². The van der Waals surface area contributed by atoms with E-state index in [1.54, 1.807) is 14.2 Å². The quantitative estimate of drug-likeness (QED) is 0.906. The van der Waals surface area contributed by atoms with Crippen LogP contribution in [-0.2, 0) is 11.3 Å². The van der Waals surface area contributed by atoms with Gasteiger partial charge in [-0.15, -0.1) is 0 Å². The second kappa shape index (κ2) is 5.20. The standard InChI is InChI=1S/C20H21NO3/c1-20(2)10-17-18-13(11-24-17)12(8-9-14(18)21-20)19-15(22-3)6-5-7-16(19)23-4/h5-10,21H,11H2,1-4H3. The van der Waals surface area contributed by atoms with Crippen LogP contribution in [0.25, 0.3) is 16.9 Å². The minimum absolute atomic E-state index is 0.117. The zero-order valence-electron chi connectivity index (χ0n) is 14.4. The zero-order chi connectivity index (χ0) is 16.9. The Kier molecular flexibility index (Phi) is 3.23. The first-order valence-corrected chi connectivity index (χ1v) is 8.05. The van der Waals surface area contributed by atoms with E-state index in [-0.39, 0.29) is 5.54 Å². The number of nitrogens with one attached hydrogen (secondary N) is 1. The van der Waals surface area contributed by atoms with Crippen molar-refractivity contribution in [3.63, 3.8) is 0 Å². The molecule has 0 bridgehead atoms. The van der Waals surface area contributed by atoms with E-state index in [0.29, 0.717) is 6.61 Å². The van der Waals surface area contributed by atoms with E-state index in [4.69, 9.17) is 14.2 Å². The van der Waals surface area contributed by atoms with Gasteiger partial charge in [0.1, 0.15) is 23.9 Å². The van der Waals surface area contributed by atoms with Gasteiger partial charge >= 0.3 is 0 Å². The molecular weight excluding hydrogens is 302 g/mol. The van der Waals surface area contributed by atoms with Crippen molar-refractivity contribution in [1.29, 1.82) is 0 Å². The van der Waals surface area contributed by atoms with Crippen LogP contribution in [0.2, 0.25) is 0 Å². The molecule has 0 unspecified atom stereocenters. The van der Waals surface area contributed by atoms with Crippen LogP contribution in [0.15, 0.2) is 36.4 Å². The lowest BCUT2D eigenvalue weighted by Gasteiger charge is -2.30. The van der Waals surface area contributed by atoms with Gasteiger partial charge < -0.3 is 19.5 Å². The lowest BCUT2D eigenvalue weighted by Crippen LogP contribution is -2.31. The average Bonchev–Trinajstić information content (AvgIpc) is 2.98. The summed E-state index contributed by atoms with van der Waals surface area (Å²) < 4.78 is 17.2. The van der Waals surface area contributed by atoms with E-state index < -0.39 is 0 Å². The maximum absolute atomic E-state index is 5.99. The fourth-order valence-corrected chi connectivity index (χ4v) is 3.58. The van der Waals surface area contributed by atoms with Crippen LogP contribution in [0, 0.1) is 0 Å². The van der Waals surface area contributed by atoms with Gasteiger partial charge in [-0.2, -0.15) is 0 Å². The highest BCUT2D eigenvalue weighted by Gasteiger charge is 2.33. The second-order valence-electron chi connectivity index (χ2n) is 6.70. The Bertz CT molecular complexity index is 830. The molecule has 2 aliphatic rings. The molecule has 24 heavy (non-hydrogen) atoms. The number of hydrogen-bond donors (Lipinski definition) is 1. The van der Waals surface area contributed by atoms with Gasteiger partial charge in [0.2, 0.25) is 0 Å². The minimum atomic E-state index is -0.117. The first-order chi connectivity index (χ1) is 11.5. The molecule has 4 rings (SSSR count). The summed E-state index contributed by atoms with van der Waals surface area (Å²) in [5.41, 5.74) is 5.38. The molecule has 0 aromatic heterocycles. The van der Waals surface area contributed by atoms with Crippen molar-refractivity contribution in [3.05, 3.63) is 47.5 Å². The van der Waals surface area contributed by atoms with Crippen LogP contribution in [-0.4, -0.2) is 19.8 Å². The smallest absolute Gasteiger partial charge is 0.130 e. The molecular formula is C20H21NO3. The summed E-state index contributed by atoms with van der Waals surface area (Å²) in [7, 11) is 3.36. The van der Waals surface area contributed by atoms with Crippen LogP contribution in [0.5, 0.6) is 11.5 Å². The molecule has 2 aromatic carbocycles. The Morgan fingerprint density at radius 2 is 1.71 bits per heavy atom. The maximum atomic E-state index is 5.99. The molecule has 0 saturated carbocycles. The lowest BCUT2D eigenvalue weighted by molar-refractivity contribution is 0.283. The molecule has 1 N–H and O–H groups in total. The summed E-state index contributed by atoms with van der Waals surface area (Å²) >= 11 is 0. The third-order valence-electron chi connectivity index (χ3n) is 4.58. The summed E-state index contributed by atoms with van der Waals surface area (Å²) in [5, 5.41) is 3.56. The maximum Gasteiger partial charge on any atom is 0.130 e. The highest BCUT2D eigenvalue weighted by atomic mass is 16.5. The van der Waals surface area contributed by atoms with Crippen molar-refractivity contribution in [2.75, 3.05) is 19.5 Å². The predicted molar refractivity (Wildman–Crippen MR) is 95.4 cm³/mol. The second-order valence-corrected chi connectivity index (χ2v) is 6.70. The number of benzene rings is 2. The molecule has 2 aliphatic heterocycles. The summed E-state index contributed by atoms with van der Waals surface area (Å²) in [5.74, 6) is 2.55. The SMILES string of the molecule is COc1cccc(OC)c1-c1ccc2c3c1COC3=CC(C)(C)N2. The molecule has 0 aliphatic carbocycles. The Balaban J connectivity index is 1.96. The number of ether oxygens (including phenoxy) is 3. The first-order valence-electron chi connectivity index (χ1n) is 8.05. The molecule has 4 nitrogen and oxygen atoms in total. The van der Waals surface area contributed by atoms with E-state index in [9.17, 15) is 0 Å². The largest absolute Gasteiger partial charge is 0.496 e. The van der Waals surface area contributed by atoms with E-state index in [1.807, 2.05) is 18.2 Å². The van der Waals surface area contributed by atoms with Gasteiger partial charge in [0.05, 0.1) is 25.3 Å². The number of rotatable bonds is 3. The van der Waals surface area contributed by atoms with Crippen molar-refractivity contribution in [1.82, 2.24) is 0 Å². The van der Waals surface area contributed by atoms with Gasteiger partial charge in [-0.3, -0.25) is 0 Å². The Morgan fingerprint density at radius 1 is 1.00 bits per heavy atom. The monoisotopic (exact) mass is 323 g/mol. The normalized spacial score (nSPS) is 16.6. The molecule has 2 aromatic rings. The lowest BCUT2D eigenvalue weighted by atomic mass is 9.89. The predicted octanol–water partition coefficient (Wildman–Crippen LogP) is 4.45. The fourth-order valence-electron chi connectivity index (χ4n) is 3.58. The van der Waals surface area contributed by atoms with Crippen LogP contribution >= 0.6 is 0 Å². The summed E-state index contributed by atoms with van der Waals surface area (Å²) in [6.07, 6.45) is 2.15. The summed E-state index contributed by atoms with van der Waals surface area (Å²) in [6, 6.07) is 10.1. The molecule has 0 atom stereocenters. The number of methoxy groups -OCH3 is 2. The van der Waals surface area contributed by atoms with E-state index in [2.05, 4.69) is 37.4 Å². The van der Waals surface area contributed by atoms with Gasteiger partial charge in [0.25, 0.3) is 0 Å². The van der Waals surface area contributed by atoms with Crippen LogP contribution in [0.4, 0.5) is 5.69 Å². The van der Waals surface area contributed by atoms with Gasteiger partial charge in [-0.05, 0) is 43.7 Å². The minimum Gasteiger partial charge on any atom is -0.496 e. The molecule has 0 fully saturated rings. The Labute approximate surface area is 142 Å². The van der Waals surface area contributed by atoms with Crippen molar-refractivity contribution < 1.29 is 14.2 Å². The molecule has 0 amide bonds. The van der Waals surface area contributed by atoms with Crippen LogP contribution in [0.3, 0.4) is 0 Å². The van der Waals surface area contributed by atoms with Crippen LogP contribution < -0.4 is 14.8 Å². The summed E-state index contributed by atoms with van der Waals surface area (Å²) in [6.45, 7) is 4.84. The van der Waals surface area contributed by atoms with E-state index in [1.165, 1.54) is 5.56 Å². The Hall–Kier alpha value is -2.62. The molecule has 124 valence electrons. The van der Waals surface area contributed by atoms with Gasteiger partial charge in [0, 0.05) is 16.8 Å². The third kappa shape index (κ3) is 2.13. The zero-order valence-corrected chi connectivity index (χ0v) is 14.4. The average molecular weight is 323 g/mol. The highest BCUT2D eigenvalue weighted by molar-refractivity contribution is 5.90. The van der Waals surface area contributed by atoms with Crippen molar-refractivity contribution >= 4 is 11.4 Å². The van der Waals surface area contributed by atoms with Gasteiger partial charge in [0.15, 0.2) is 0 Å². The number of hydrogen-bond acceptors (Lipinski definition) is 4. The van der Waals surface area contributed by atoms with Crippen molar-refractivity contribution in [3.8, 4) is 22.6 Å². The molecule has 2 heterocycles. The Morgan fingerprint density at radius 3 is 2.38 bits per heavy atom. The van der Waals surface area contributed by atoms with E-state index in [0.717, 1.165) is 39.6 Å². The number of anilines is 1. The topological polar surface area (TPSA) is 39.7 Å². The molecule has 0 radical (unpaired) electrons. The van der Waals surface area contributed by atoms with E-state index >= 15 is 0 Å². The van der Waals surface area contributed by atoms with Crippen LogP contribution in [0.1, 0.15) is 25.0 Å². The molecule has 4 heteroatoms. The molecule has 0 spiro atoms. The fraction of sp³-hybridized carbons (Fsp3) is 0.300. The first kappa shape index (κ1) is 14.9. The molecule has 0 saturated heterocycles. The summed E-state index contributed by atoms with van der Waals surface area (Å²) in [4.78, 5) is 0. The highest BCUT2D eigenvalue weighted by Crippen LogP contribution is 2.48. The third-order valence-corrected chi connectivity index (χ3v) is 4.58.